The van der Waals surface area contributed by atoms with Crippen LogP contribution in [0.4, 0.5) is 0 Å². The van der Waals surface area contributed by atoms with Gasteiger partial charge in [-0.15, -0.1) is 11.3 Å². The highest BCUT2D eigenvalue weighted by Crippen LogP contribution is 2.17. The Bertz CT molecular complexity index is 625. The van der Waals surface area contributed by atoms with E-state index in [0.717, 1.165) is 55.8 Å². The normalized spacial score (nSPS) is 15.9. The summed E-state index contributed by atoms with van der Waals surface area (Å²) in [6.45, 7) is 9.94. The van der Waals surface area contributed by atoms with Gasteiger partial charge in [-0.3, -0.25) is 14.7 Å². The highest BCUT2D eigenvalue weighted by Gasteiger charge is 2.21. The molecule has 1 aromatic rings. The fourth-order valence-corrected chi connectivity index (χ4v) is 4.03. The molecule has 0 spiro atoms. The van der Waals surface area contributed by atoms with Gasteiger partial charge in [0, 0.05) is 64.7 Å². The van der Waals surface area contributed by atoms with Gasteiger partial charge in [-0.05, 0) is 13.8 Å². The van der Waals surface area contributed by atoms with Gasteiger partial charge in [-0.1, -0.05) is 0 Å². The van der Waals surface area contributed by atoms with Crippen LogP contribution < -0.4 is 10.6 Å². The molecule has 0 radical (unpaired) electrons. The molecule has 9 heteroatoms. The second-order valence-corrected chi connectivity index (χ2v) is 7.86. The Labute approximate surface area is 166 Å². The molecular weight excluding hydrogens is 364 g/mol. The van der Waals surface area contributed by atoms with E-state index in [4.69, 9.17) is 4.74 Å². The summed E-state index contributed by atoms with van der Waals surface area (Å²) in [5.74, 6) is 0.983. The Morgan fingerprint density at radius 1 is 1.22 bits per heavy atom. The number of guanidine groups is 1. The summed E-state index contributed by atoms with van der Waals surface area (Å²) < 4.78 is 4.95. The topological polar surface area (TPSA) is 82.1 Å². The summed E-state index contributed by atoms with van der Waals surface area (Å²) in [7, 11) is 3.45. The number of piperazine rings is 1. The third-order valence-electron chi connectivity index (χ3n) is 4.51. The van der Waals surface area contributed by atoms with E-state index in [9.17, 15) is 4.79 Å². The van der Waals surface area contributed by atoms with Gasteiger partial charge in [0.05, 0.1) is 23.9 Å². The van der Waals surface area contributed by atoms with Crippen molar-refractivity contribution in [3.8, 4) is 0 Å². The molecule has 1 aliphatic rings. The molecule has 0 saturated carbocycles. The third-order valence-corrected chi connectivity index (χ3v) is 5.65. The maximum atomic E-state index is 11.9. The SMILES string of the molecule is CN=C(NCCc1sc(C)nc1C)N1CCN(CC(=O)NCCOC)CC1. The van der Waals surface area contributed by atoms with Gasteiger partial charge in [0.25, 0.3) is 0 Å². The number of aromatic nitrogens is 1. The van der Waals surface area contributed by atoms with Crippen LogP contribution >= 0.6 is 11.3 Å². The van der Waals surface area contributed by atoms with Crippen LogP contribution in [0.2, 0.25) is 0 Å². The first kappa shape index (κ1) is 21.6. The first-order chi connectivity index (χ1) is 13.0. The van der Waals surface area contributed by atoms with Gasteiger partial charge in [0.2, 0.25) is 5.91 Å². The Hall–Kier alpha value is -1.71. The molecule has 0 unspecified atom stereocenters. The number of aliphatic imine (C=N–C) groups is 1. The lowest BCUT2D eigenvalue weighted by Gasteiger charge is -2.36. The second kappa shape index (κ2) is 11.2. The van der Waals surface area contributed by atoms with E-state index in [2.05, 4.69) is 37.3 Å². The van der Waals surface area contributed by atoms with Crippen molar-refractivity contribution in [3.05, 3.63) is 15.6 Å². The number of thiazole rings is 1. The minimum atomic E-state index is 0.0539. The van der Waals surface area contributed by atoms with Crippen molar-refractivity contribution in [3.63, 3.8) is 0 Å². The maximum Gasteiger partial charge on any atom is 0.234 e. The van der Waals surface area contributed by atoms with Gasteiger partial charge < -0.3 is 20.3 Å². The molecule has 1 saturated heterocycles. The lowest BCUT2D eigenvalue weighted by molar-refractivity contribution is -0.122. The van der Waals surface area contributed by atoms with E-state index in [1.54, 1.807) is 18.4 Å². The number of carbonyl (C=O) groups is 1. The lowest BCUT2D eigenvalue weighted by Crippen LogP contribution is -2.54. The van der Waals surface area contributed by atoms with Crippen molar-refractivity contribution >= 4 is 23.2 Å². The standard InChI is InChI=1S/C18H32N6O2S/c1-14-16(27-15(2)22-14)5-6-21-18(19-3)24-10-8-23(9-11-24)13-17(25)20-7-12-26-4/h5-13H2,1-4H3,(H,19,21)(H,20,25). The molecule has 2 rings (SSSR count). The highest BCUT2D eigenvalue weighted by atomic mass is 32.1. The first-order valence-electron chi connectivity index (χ1n) is 9.40. The number of nitrogens with zero attached hydrogens (tertiary/aromatic N) is 4. The van der Waals surface area contributed by atoms with Gasteiger partial charge in [0.15, 0.2) is 5.96 Å². The lowest BCUT2D eigenvalue weighted by atomic mass is 10.3. The summed E-state index contributed by atoms with van der Waals surface area (Å²) in [6.07, 6.45) is 0.956. The number of ether oxygens (including phenoxy) is 1. The molecule has 0 aromatic carbocycles. The number of aryl methyl sites for hydroxylation is 2. The highest BCUT2D eigenvalue weighted by molar-refractivity contribution is 7.11. The predicted molar refractivity (Wildman–Crippen MR) is 110 cm³/mol. The second-order valence-electron chi connectivity index (χ2n) is 6.57. The summed E-state index contributed by atoms with van der Waals surface area (Å²) in [5.41, 5.74) is 1.13. The largest absolute Gasteiger partial charge is 0.383 e. The summed E-state index contributed by atoms with van der Waals surface area (Å²) in [6, 6.07) is 0. The number of hydrogen-bond donors (Lipinski definition) is 2. The fraction of sp³-hybridized carbons (Fsp3) is 0.722. The molecule has 1 aromatic heterocycles. The zero-order chi connectivity index (χ0) is 19.6. The molecule has 27 heavy (non-hydrogen) atoms. The van der Waals surface area contributed by atoms with E-state index in [-0.39, 0.29) is 5.91 Å². The van der Waals surface area contributed by atoms with Crippen molar-refractivity contribution in [2.75, 3.05) is 66.6 Å². The van der Waals surface area contributed by atoms with Crippen LogP contribution in [0.3, 0.4) is 0 Å². The molecular formula is C18H32N6O2S. The first-order valence-corrected chi connectivity index (χ1v) is 10.2. The maximum absolute atomic E-state index is 11.9. The molecule has 1 aliphatic heterocycles. The van der Waals surface area contributed by atoms with Crippen LogP contribution in [0.25, 0.3) is 0 Å². The van der Waals surface area contributed by atoms with Crippen LogP contribution in [0, 0.1) is 13.8 Å². The van der Waals surface area contributed by atoms with Crippen LogP contribution in [0.1, 0.15) is 15.6 Å². The van der Waals surface area contributed by atoms with E-state index in [1.807, 2.05) is 14.0 Å². The van der Waals surface area contributed by atoms with Crippen molar-refractivity contribution in [2.24, 2.45) is 4.99 Å². The Morgan fingerprint density at radius 3 is 2.56 bits per heavy atom. The van der Waals surface area contributed by atoms with Crippen molar-refractivity contribution < 1.29 is 9.53 Å². The van der Waals surface area contributed by atoms with Crippen molar-refractivity contribution in [2.45, 2.75) is 20.3 Å². The molecule has 1 fully saturated rings. The van der Waals surface area contributed by atoms with Gasteiger partial charge >= 0.3 is 0 Å². The van der Waals surface area contributed by atoms with Gasteiger partial charge in [-0.2, -0.15) is 0 Å². The molecule has 1 amide bonds. The molecule has 0 bridgehead atoms. The number of rotatable bonds is 8. The smallest absolute Gasteiger partial charge is 0.234 e. The number of hydrogen-bond acceptors (Lipinski definition) is 6. The van der Waals surface area contributed by atoms with Gasteiger partial charge in [0.1, 0.15) is 0 Å². The fourth-order valence-electron chi connectivity index (χ4n) is 3.09. The monoisotopic (exact) mass is 396 g/mol. The summed E-state index contributed by atoms with van der Waals surface area (Å²) in [5, 5.41) is 7.44. The zero-order valence-corrected chi connectivity index (χ0v) is 17.7. The molecule has 2 N–H and O–H groups in total. The number of nitrogens with one attached hydrogen (secondary N) is 2. The summed E-state index contributed by atoms with van der Waals surface area (Å²) in [4.78, 5) is 26.6. The van der Waals surface area contributed by atoms with Gasteiger partial charge in [-0.25, -0.2) is 4.98 Å². The molecule has 2 heterocycles. The average Bonchev–Trinajstić information content (AvgIpc) is 2.97. The van der Waals surface area contributed by atoms with Crippen LogP contribution in [-0.4, -0.2) is 93.2 Å². The quantitative estimate of drug-likeness (QED) is 0.373. The van der Waals surface area contributed by atoms with Crippen LogP contribution in [0.5, 0.6) is 0 Å². The minimum absolute atomic E-state index is 0.0539. The predicted octanol–water partition coefficient (Wildman–Crippen LogP) is 0.258. The third kappa shape index (κ3) is 7.08. The van der Waals surface area contributed by atoms with E-state index in [0.29, 0.717) is 19.7 Å². The van der Waals surface area contributed by atoms with E-state index >= 15 is 0 Å². The van der Waals surface area contributed by atoms with E-state index in [1.165, 1.54) is 4.88 Å². The molecule has 152 valence electrons. The van der Waals surface area contributed by atoms with E-state index < -0.39 is 0 Å². The number of methoxy groups -OCH3 is 1. The Balaban J connectivity index is 1.70. The van der Waals surface area contributed by atoms with Crippen molar-refractivity contribution in [1.29, 1.82) is 0 Å². The minimum Gasteiger partial charge on any atom is -0.383 e. The number of amides is 1. The summed E-state index contributed by atoms with van der Waals surface area (Å²) >= 11 is 1.77. The van der Waals surface area contributed by atoms with Crippen LogP contribution in [-0.2, 0) is 16.0 Å². The Kier molecular flexibility index (Phi) is 8.96. The zero-order valence-electron chi connectivity index (χ0n) is 16.9. The molecule has 0 atom stereocenters. The van der Waals surface area contributed by atoms with Crippen LogP contribution in [0.15, 0.2) is 4.99 Å². The van der Waals surface area contributed by atoms with Crippen molar-refractivity contribution in [1.82, 2.24) is 25.4 Å². The molecule has 8 nitrogen and oxygen atoms in total. The Morgan fingerprint density at radius 2 is 1.96 bits per heavy atom. The number of carbonyl (C=O) groups excluding carboxylic acids is 1. The average molecular weight is 397 g/mol. The molecule has 0 aliphatic carbocycles.